The molecule has 2 aliphatic heterocycles. The lowest BCUT2D eigenvalue weighted by Gasteiger charge is -2.39. The van der Waals surface area contributed by atoms with Crippen LogP contribution in [0, 0.1) is 5.92 Å². The molecule has 1 aromatic heterocycles. The van der Waals surface area contributed by atoms with Crippen molar-refractivity contribution < 1.29 is 9.84 Å². The second kappa shape index (κ2) is 5.46. The smallest absolute Gasteiger partial charge is 0.0850 e. The lowest BCUT2D eigenvalue weighted by atomic mass is 9.81. The number of thioether (sulfide) groups is 1. The Labute approximate surface area is 118 Å². The number of nitrogens with zero attached hydrogens (tertiary/aromatic N) is 2. The number of aliphatic hydroxyl groups is 1. The van der Waals surface area contributed by atoms with E-state index in [2.05, 4.69) is 12.0 Å². The summed E-state index contributed by atoms with van der Waals surface area (Å²) in [6, 6.07) is 0. The van der Waals surface area contributed by atoms with Gasteiger partial charge in [0, 0.05) is 30.7 Å². The zero-order valence-electron chi connectivity index (χ0n) is 11.4. The Bertz CT molecular complexity index is 429. The first-order chi connectivity index (χ1) is 9.22. The van der Waals surface area contributed by atoms with E-state index in [0.717, 1.165) is 43.7 Å². The molecular weight excluding hydrogens is 260 g/mol. The van der Waals surface area contributed by atoms with E-state index in [9.17, 15) is 5.11 Å². The normalized spacial score (nSPS) is 32.8. The van der Waals surface area contributed by atoms with E-state index in [1.54, 1.807) is 6.20 Å². The van der Waals surface area contributed by atoms with Crippen molar-refractivity contribution in [1.82, 2.24) is 9.78 Å². The van der Waals surface area contributed by atoms with Crippen molar-refractivity contribution in [2.45, 2.75) is 44.4 Å². The van der Waals surface area contributed by atoms with Gasteiger partial charge in [0.05, 0.1) is 17.9 Å². The third-order valence-electron chi connectivity index (χ3n) is 4.36. The summed E-state index contributed by atoms with van der Waals surface area (Å²) in [4.78, 5) is 0. The van der Waals surface area contributed by atoms with Crippen LogP contribution in [0.1, 0.15) is 37.9 Å². The molecule has 3 rings (SSSR count). The maximum atomic E-state index is 10.6. The molecule has 19 heavy (non-hydrogen) atoms. The molecule has 1 spiro atoms. The molecule has 0 bridgehead atoms. The van der Waals surface area contributed by atoms with Gasteiger partial charge in [-0.15, -0.1) is 0 Å². The summed E-state index contributed by atoms with van der Waals surface area (Å²) in [6.45, 7) is 3.69. The van der Waals surface area contributed by atoms with Gasteiger partial charge in [0.15, 0.2) is 0 Å². The highest BCUT2D eigenvalue weighted by atomic mass is 32.2. The van der Waals surface area contributed by atoms with Crippen LogP contribution in [0.3, 0.4) is 0 Å². The number of hydrogen-bond donors (Lipinski definition) is 1. The van der Waals surface area contributed by atoms with E-state index in [1.165, 1.54) is 5.75 Å². The van der Waals surface area contributed by atoms with Crippen LogP contribution in [0.25, 0.3) is 0 Å². The number of aryl methyl sites for hydroxylation is 1. The van der Waals surface area contributed by atoms with E-state index in [4.69, 9.17) is 4.74 Å². The standard InChI is InChI=1S/C14H22N2O2S/c1-2-16-9-12(8-15-16)13(17)11-3-5-18-14(7-11)4-6-19-10-14/h8-9,11,13,17H,2-7,10H2,1H3. The number of aromatic nitrogens is 2. The molecule has 3 unspecified atom stereocenters. The third-order valence-corrected chi connectivity index (χ3v) is 5.59. The van der Waals surface area contributed by atoms with Gasteiger partial charge in [-0.3, -0.25) is 4.68 Å². The van der Waals surface area contributed by atoms with Gasteiger partial charge in [-0.1, -0.05) is 0 Å². The average molecular weight is 282 g/mol. The van der Waals surface area contributed by atoms with Crippen molar-refractivity contribution in [2.24, 2.45) is 5.92 Å². The predicted octanol–water partition coefficient (Wildman–Crippen LogP) is 2.24. The molecule has 0 amide bonds. The maximum absolute atomic E-state index is 10.6. The number of rotatable bonds is 3. The van der Waals surface area contributed by atoms with Crippen LogP contribution in [0.2, 0.25) is 0 Å². The number of ether oxygens (including phenoxy) is 1. The number of hydrogen-bond acceptors (Lipinski definition) is 4. The fraction of sp³-hybridized carbons (Fsp3) is 0.786. The molecule has 2 saturated heterocycles. The largest absolute Gasteiger partial charge is 0.388 e. The van der Waals surface area contributed by atoms with E-state index in [1.807, 2.05) is 22.6 Å². The zero-order valence-corrected chi connectivity index (χ0v) is 12.2. The lowest BCUT2D eigenvalue weighted by molar-refractivity contribution is -0.102. The highest BCUT2D eigenvalue weighted by Crippen LogP contribution is 2.43. The summed E-state index contributed by atoms with van der Waals surface area (Å²) in [7, 11) is 0. The van der Waals surface area contributed by atoms with Gasteiger partial charge in [0.25, 0.3) is 0 Å². The first-order valence-electron chi connectivity index (χ1n) is 7.14. The van der Waals surface area contributed by atoms with Gasteiger partial charge in [-0.25, -0.2) is 0 Å². The van der Waals surface area contributed by atoms with E-state index in [-0.39, 0.29) is 5.60 Å². The fourth-order valence-corrected chi connectivity index (χ4v) is 4.55. The van der Waals surface area contributed by atoms with Gasteiger partial charge >= 0.3 is 0 Å². The molecule has 106 valence electrons. The Kier molecular flexibility index (Phi) is 3.87. The Morgan fingerprint density at radius 1 is 1.68 bits per heavy atom. The molecule has 4 nitrogen and oxygen atoms in total. The lowest BCUT2D eigenvalue weighted by Crippen LogP contribution is -2.41. The Balaban J connectivity index is 1.70. The van der Waals surface area contributed by atoms with E-state index < -0.39 is 6.10 Å². The first kappa shape index (κ1) is 13.5. The predicted molar refractivity (Wildman–Crippen MR) is 76.2 cm³/mol. The van der Waals surface area contributed by atoms with Crippen molar-refractivity contribution in [3.05, 3.63) is 18.0 Å². The van der Waals surface area contributed by atoms with Crippen LogP contribution >= 0.6 is 11.8 Å². The molecule has 3 heterocycles. The highest BCUT2D eigenvalue weighted by Gasteiger charge is 2.42. The molecule has 0 saturated carbocycles. The summed E-state index contributed by atoms with van der Waals surface area (Å²) in [5.74, 6) is 2.59. The molecule has 2 fully saturated rings. The molecule has 0 aromatic carbocycles. The fourth-order valence-electron chi connectivity index (χ4n) is 3.18. The molecule has 0 radical (unpaired) electrons. The van der Waals surface area contributed by atoms with Crippen LogP contribution < -0.4 is 0 Å². The van der Waals surface area contributed by atoms with Crippen molar-refractivity contribution >= 4 is 11.8 Å². The summed E-state index contributed by atoms with van der Waals surface area (Å²) in [6.07, 6.45) is 6.45. The molecule has 5 heteroatoms. The second-order valence-electron chi connectivity index (χ2n) is 5.66. The highest BCUT2D eigenvalue weighted by molar-refractivity contribution is 7.99. The monoisotopic (exact) mass is 282 g/mol. The topological polar surface area (TPSA) is 47.3 Å². The van der Waals surface area contributed by atoms with Gasteiger partial charge in [0.1, 0.15) is 0 Å². The van der Waals surface area contributed by atoms with E-state index in [0.29, 0.717) is 5.92 Å². The SMILES string of the molecule is CCn1cc(C(O)C2CCOC3(CCSC3)C2)cn1. The molecular formula is C14H22N2O2S. The van der Waals surface area contributed by atoms with Crippen LogP contribution in [0.15, 0.2) is 12.4 Å². The quantitative estimate of drug-likeness (QED) is 0.923. The van der Waals surface area contributed by atoms with Crippen LogP contribution in [-0.2, 0) is 11.3 Å². The molecule has 2 aliphatic rings. The Hall–Kier alpha value is -0.520. The molecule has 0 aliphatic carbocycles. The minimum atomic E-state index is -0.397. The van der Waals surface area contributed by atoms with Gasteiger partial charge in [-0.2, -0.15) is 16.9 Å². The molecule has 1 N–H and O–H groups in total. The van der Waals surface area contributed by atoms with Gasteiger partial charge in [-0.05, 0) is 37.9 Å². The molecule has 3 atom stereocenters. The summed E-state index contributed by atoms with van der Waals surface area (Å²) < 4.78 is 7.89. The van der Waals surface area contributed by atoms with Crippen molar-refractivity contribution in [1.29, 1.82) is 0 Å². The van der Waals surface area contributed by atoms with Gasteiger partial charge < -0.3 is 9.84 Å². The minimum Gasteiger partial charge on any atom is -0.388 e. The summed E-state index contributed by atoms with van der Waals surface area (Å²) in [5.41, 5.74) is 0.990. The Morgan fingerprint density at radius 3 is 3.26 bits per heavy atom. The first-order valence-corrected chi connectivity index (χ1v) is 8.30. The van der Waals surface area contributed by atoms with Crippen molar-refractivity contribution in [3.8, 4) is 0 Å². The zero-order chi connectivity index (χ0) is 13.3. The molecule has 1 aromatic rings. The Morgan fingerprint density at radius 2 is 2.58 bits per heavy atom. The van der Waals surface area contributed by atoms with Crippen LogP contribution in [-0.4, -0.2) is 38.6 Å². The van der Waals surface area contributed by atoms with Crippen LogP contribution in [0.4, 0.5) is 0 Å². The number of aliphatic hydroxyl groups excluding tert-OH is 1. The third kappa shape index (κ3) is 2.69. The minimum absolute atomic E-state index is 0.0370. The van der Waals surface area contributed by atoms with Crippen molar-refractivity contribution in [3.63, 3.8) is 0 Å². The van der Waals surface area contributed by atoms with E-state index >= 15 is 0 Å². The summed E-state index contributed by atoms with van der Waals surface area (Å²) in [5, 5.41) is 14.8. The maximum Gasteiger partial charge on any atom is 0.0850 e. The van der Waals surface area contributed by atoms with Gasteiger partial charge in [0.2, 0.25) is 0 Å². The second-order valence-corrected chi connectivity index (χ2v) is 6.77. The van der Waals surface area contributed by atoms with Crippen molar-refractivity contribution in [2.75, 3.05) is 18.1 Å². The van der Waals surface area contributed by atoms with Crippen LogP contribution in [0.5, 0.6) is 0 Å². The summed E-state index contributed by atoms with van der Waals surface area (Å²) >= 11 is 1.97. The average Bonchev–Trinajstić information content (AvgIpc) is 3.07.